The molecule has 1 aromatic carbocycles. The lowest BCUT2D eigenvalue weighted by Crippen LogP contribution is -2.26. The molecule has 0 aliphatic heterocycles. The quantitative estimate of drug-likeness (QED) is 0.495. The number of phenolic OH excluding ortho intramolecular Hbond substituents is 1. The van der Waals surface area contributed by atoms with Crippen LogP contribution >= 0.6 is 22.6 Å². The van der Waals surface area contributed by atoms with Crippen LogP contribution in [0.1, 0.15) is 12.0 Å². The largest absolute Gasteiger partial charge is 0.508 e. The van der Waals surface area contributed by atoms with E-state index in [1.807, 2.05) is 6.07 Å². The number of hydrogen-bond donors (Lipinski definition) is 2. The fraction of sp³-hybridized carbons (Fsp3) is 0.364. The van der Waals surface area contributed by atoms with Crippen molar-refractivity contribution in [3.63, 3.8) is 0 Å². The third kappa shape index (κ3) is 4.51. The first-order chi connectivity index (χ1) is 7.24. The van der Waals surface area contributed by atoms with E-state index in [9.17, 15) is 9.90 Å². The summed E-state index contributed by atoms with van der Waals surface area (Å²) in [5, 5.41) is 12.3. The molecule has 0 unspecified atom stereocenters. The summed E-state index contributed by atoms with van der Waals surface area (Å²) in [5.74, 6) is 0.142. The summed E-state index contributed by atoms with van der Waals surface area (Å²) in [7, 11) is 0. The van der Waals surface area contributed by atoms with E-state index in [-0.39, 0.29) is 18.1 Å². The first kappa shape index (κ1) is 12.3. The number of carbonyl (C=O) groups excluding carboxylic acids is 1. The zero-order valence-corrected chi connectivity index (χ0v) is 10.5. The molecule has 4 heteroatoms. The third-order valence-corrected chi connectivity index (χ3v) is 2.74. The number of carbonyl (C=O) groups is 1. The molecule has 0 aromatic heterocycles. The lowest BCUT2D eigenvalue weighted by Gasteiger charge is -2.05. The predicted octanol–water partition coefficient (Wildman–Crippen LogP) is 1.88. The van der Waals surface area contributed by atoms with Crippen LogP contribution in [0.5, 0.6) is 5.75 Å². The number of para-hydroxylation sites is 1. The van der Waals surface area contributed by atoms with Crippen LogP contribution in [0, 0.1) is 0 Å². The van der Waals surface area contributed by atoms with Crippen LogP contribution in [0.25, 0.3) is 0 Å². The van der Waals surface area contributed by atoms with Crippen LogP contribution in [-0.4, -0.2) is 22.0 Å². The van der Waals surface area contributed by atoms with Crippen LogP contribution in [-0.2, 0) is 11.2 Å². The summed E-state index contributed by atoms with van der Waals surface area (Å²) < 4.78 is 1.04. The maximum absolute atomic E-state index is 11.4. The molecule has 0 fully saturated rings. The molecule has 0 saturated heterocycles. The lowest BCUT2D eigenvalue weighted by molar-refractivity contribution is -0.120. The van der Waals surface area contributed by atoms with Gasteiger partial charge in [0.25, 0.3) is 0 Å². The molecule has 1 rings (SSSR count). The normalized spacial score (nSPS) is 9.93. The van der Waals surface area contributed by atoms with Crippen molar-refractivity contribution in [2.45, 2.75) is 12.8 Å². The molecule has 0 heterocycles. The molecule has 3 nitrogen and oxygen atoms in total. The second-order valence-electron chi connectivity index (χ2n) is 3.20. The van der Waals surface area contributed by atoms with Crippen LogP contribution in [0.2, 0.25) is 0 Å². The predicted molar refractivity (Wildman–Crippen MR) is 68.3 cm³/mol. The molecule has 1 aromatic rings. The van der Waals surface area contributed by atoms with Crippen molar-refractivity contribution in [1.82, 2.24) is 5.32 Å². The van der Waals surface area contributed by atoms with Gasteiger partial charge in [0.05, 0.1) is 6.42 Å². The lowest BCUT2D eigenvalue weighted by atomic mass is 10.1. The van der Waals surface area contributed by atoms with Crippen LogP contribution in [0.3, 0.4) is 0 Å². The standard InChI is InChI=1S/C11H14INO2/c12-6-3-7-13-11(15)8-9-4-1-2-5-10(9)14/h1-2,4-5,14H,3,6-8H2,(H,13,15). The topological polar surface area (TPSA) is 49.3 Å². The molecule has 1 amide bonds. The molecule has 15 heavy (non-hydrogen) atoms. The van der Waals surface area contributed by atoms with Gasteiger partial charge in [0.1, 0.15) is 5.75 Å². The van der Waals surface area contributed by atoms with Gasteiger partial charge in [0.15, 0.2) is 0 Å². The van der Waals surface area contributed by atoms with Crippen LogP contribution in [0.4, 0.5) is 0 Å². The van der Waals surface area contributed by atoms with Gasteiger partial charge in [-0.25, -0.2) is 0 Å². The highest BCUT2D eigenvalue weighted by Crippen LogP contribution is 2.15. The highest BCUT2D eigenvalue weighted by Gasteiger charge is 2.05. The molecule has 0 spiro atoms. The van der Waals surface area contributed by atoms with E-state index in [1.54, 1.807) is 18.2 Å². The Morgan fingerprint density at radius 3 is 2.80 bits per heavy atom. The van der Waals surface area contributed by atoms with E-state index in [0.717, 1.165) is 10.8 Å². The second kappa shape index (κ2) is 6.66. The Morgan fingerprint density at radius 1 is 1.40 bits per heavy atom. The number of rotatable bonds is 5. The van der Waals surface area contributed by atoms with Crippen molar-refractivity contribution in [1.29, 1.82) is 0 Å². The van der Waals surface area contributed by atoms with Crippen molar-refractivity contribution in [2.75, 3.05) is 11.0 Å². The zero-order valence-electron chi connectivity index (χ0n) is 8.37. The molecular formula is C11H14INO2. The van der Waals surface area contributed by atoms with Gasteiger partial charge in [-0.15, -0.1) is 0 Å². The van der Waals surface area contributed by atoms with Crippen molar-refractivity contribution in [2.24, 2.45) is 0 Å². The van der Waals surface area contributed by atoms with E-state index in [4.69, 9.17) is 0 Å². The van der Waals surface area contributed by atoms with Gasteiger partial charge in [-0.1, -0.05) is 40.8 Å². The summed E-state index contributed by atoms with van der Waals surface area (Å²) in [6.45, 7) is 0.704. The van der Waals surface area contributed by atoms with Gasteiger partial charge < -0.3 is 10.4 Å². The minimum Gasteiger partial charge on any atom is -0.508 e. The molecule has 2 N–H and O–H groups in total. The number of aromatic hydroxyl groups is 1. The van der Waals surface area contributed by atoms with Gasteiger partial charge in [-0.05, 0) is 12.5 Å². The summed E-state index contributed by atoms with van der Waals surface area (Å²) in [4.78, 5) is 11.4. The van der Waals surface area contributed by atoms with Crippen molar-refractivity contribution in [3.8, 4) is 5.75 Å². The Labute approximate surface area is 103 Å². The number of benzene rings is 1. The highest BCUT2D eigenvalue weighted by molar-refractivity contribution is 14.1. The number of phenols is 1. The molecule has 0 bridgehead atoms. The smallest absolute Gasteiger partial charge is 0.224 e. The maximum Gasteiger partial charge on any atom is 0.224 e. The summed E-state index contributed by atoms with van der Waals surface area (Å²) in [6, 6.07) is 6.90. The molecule has 0 aliphatic rings. The fourth-order valence-electron chi connectivity index (χ4n) is 1.19. The monoisotopic (exact) mass is 319 g/mol. The minimum absolute atomic E-state index is 0.0404. The van der Waals surface area contributed by atoms with Gasteiger partial charge >= 0.3 is 0 Å². The van der Waals surface area contributed by atoms with E-state index in [1.165, 1.54) is 0 Å². The number of halogens is 1. The summed E-state index contributed by atoms with van der Waals surface area (Å²) in [6.07, 6.45) is 1.22. The van der Waals surface area contributed by atoms with Crippen molar-refractivity contribution < 1.29 is 9.90 Å². The van der Waals surface area contributed by atoms with Gasteiger partial charge in [0, 0.05) is 16.5 Å². The van der Waals surface area contributed by atoms with Crippen LogP contribution in [0.15, 0.2) is 24.3 Å². The average molecular weight is 319 g/mol. The number of hydrogen-bond acceptors (Lipinski definition) is 2. The number of amides is 1. The SMILES string of the molecule is O=C(Cc1ccccc1O)NCCCI. The number of alkyl halides is 1. The van der Waals surface area contributed by atoms with Crippen LogP contribution < -0.4 is 5.32 Å². The van der Waals surface area contributed by atoms with E-state index >= 15 is 0 Å². The van der Waals surface area contributed by atoms with Gasteiger partial charge in [-0.2, -0.15) is 0 Å². The average Bonchev–Trinajstić information content (AvgIpc) is 2.22. The van der Waals surface area contributed by atoms with E-state index in [0.29, 0.717) is 12.1 Å². The van der Waals surface area contributed by atoms with Crippen molar-refractivity contribution in [3.05, 3.63) is 29.8 Å². The first-order valence-corrected chi connectivity index (χ1v) is 6.36. The molecule has 0 radical (unpaired) electrons. The summed E-state index contributed by atoms with van der Waals surface area (Å²) in [5.41, 5.74) is 0.671. The Kier molecular flexibility index (Phi) is 5.45. The third-order valence-electron chi connectivity index (χ3n) is 1.98. The Balaban J connectivity index is 2.41. The second-order valence-corrected chi connectivity index (χ2v) is 4.28. The Bertz CT molecular complexity index is 328. The molecule has 0 saturated carbocycles. The molecular weight excluding hydrogens is 305 g/mol. The van der Waals surface area contributed by atoms with Gasteiger partial charge in [0.2, 0.25) is 5.91 Å². The van der Waals surface area contributed by atoms with Gasteiger partial charge in [-0.3, -0.25) is 4.79 Å². The summed E-state index contributed by atoms with van der Waals surface area (Å²) >= 11 is 2.27. The number of nitrogens with one attached hydrogen (secondary N) is 1. The Hall–Kier alpha value is -0.780. The van der Waals surface area contributed by atoms with E-state index in [2.05, 4.69) is 27.9 Å². The minimum atomic E-state index is -0.0404. The van der Waals surface area contributed by atoms with Crippen molar-refractivity contribution >= 4 is 28.5 Å². The highest BCUT2D eigenvalue weighted by atomic mass is 127. The molecule has 0 aliphatic carbocycles. The molecule has 82 valence electrons. The molecule has 0 atom stereocenters. The fourth-order valence-corrected chi connectivity index (χ4v) is 1.57. The first-order valence-electron chi connectivity index (χ1n) is 4.83. The van der Waals surface area contributed by atoms with E-state index < -0.39 is 0 Å². The maximum atomic E-state index is 11.4. The Morgan fingerprint density at radius 2 is 2.13 bits per heavy atom. The zero-order chi connectivity index (χ0) is 11.1.